The van der Waals surface area contributed by atoms with E-state index in [0.29, 0.717) is 18.0 Å². The number of phenols is 1. The van der Waals surface area contributed by atoms with Gasteiger partial charge in [-0.3, -0.25) is 0 Å². The summed E-state index contributed by atoms with van der Waals surface area (Å²) >= 11 is 0. The summed E-state index contributed by atoms with van der Waals surface area (Å²) in [6.07, 6.45) is 5.44. The molecule has 3 aliphatic heterocycles. The molecule has 0 radical (unpaired) electrons. The van der Waals surface area contributed by atoms with Gasteiger partial charge in [0.05, 0.1) is 6.20 Å². The average Bonchev–Trinajstić information content (AvgIpc) is 3.56. The Morgan fingerprint density at radius 1 is 1.00 bits per heavy atom. The van der Waals surface area contributed by atoms with Crippen molar-refractivity contribution in [3.8, 4) is 22.8 Å². The quantitative estimate of drug-likeness (QED) is 0.474. The topological polar surface area (TPSA) is 78.2 Å². The molecule has 8 nitrogen and oxygen atoms in total. The summed E-state index contributed by atoms with van der Waals surface area (Å²) < 4.78 is 8.39. The zero-order valence-corrected chi connectivity index (χ0v) is 19.9. The fraction of sp³-hybridized carbons (Fsp3) is 0.407. The van der Waals surface area contributed by atoms with E-state index in [1.807, 2.05) is 35.0 Å². The molecule has 0 aliphatic carbocycles. The standard InChI is InChI=1S/C27H30N6O2/c1-31-9-8-21(16-31)35-25-12-26(32-14-18-6-7-19(15-32)29-18)33-27(30-25)24(13-28-33)23-11-20(34)10-17-4-2-3-5-22(17)23/h2-5,10-13,18-19,21,29,34H,6-9,14-16H2,1H3/t18-,19+,21?. The Balaban J connectivity index is 1.39. The van der Waals surface area contributed by atoms with E-state index in [9.17, 15) is 5.11 Å². The van der Waals surface area contributed by atoms with Gasteiger partial charge in [-0.25, -0.2) is 0 Å². The number of ether oxygens (including phenoxy) is 1. The van der Waals surface area contributed by atoms with E-state index in [-0.39, 0.29) is 11.9 Å². The number of rotatable bonds is 4. The first kappa shape index (κ1) is 21.0. The van der Waals surface area contributed by atoms with Crippen LogP contribution >= 0.6 is 0 Å². The molecule has 180 valence electrons. The van der Waals surface area contributed by atoms with Crippen LogP contribution in [0.2, 0.25) is 0 Å². The van der Waals surface area contributed by atoms with Gasteiger partial charge >= 0.3 is 0 Å². The van der Waals surface area contributed by atoms with Crippen molar-refractivity contribution in [2.75, 3.05) is 38.1 Å². The van der Waals surface area contributed by atoms with Crippen molar-refractivity contribution in [1.29, 1.82) is 0 Å². The molecule has 2 aromatic carbocycles. The van der Waals surface area contributed by atoms with Crippen LogP contribution in [0.25, 0.3) is 27.5 Å². The molecule has 1 unspecified atom stereocenters. The van der Waals surface area contributed by atoms with Gasteiger partial charge in [0.2, 0.25) is 5.88 Å². The first-order chi connectivity index (χ1) is 17.1. The second-order valence-corrected chi connectivity index (χ2v) is 10.3. The third kappa shape index (κ3) is 3.68. The molecule has 0 spiro atoms. The van der Waals surface area contributed by atoms with Crippen LogP contribution in [-0.4, -0.2) is 76.0 Å². The van der Waals surface area contributed by atoms with Gasteiger partial charge < -0.3 is 25.0 Å². The minimum atomic E-state index is 0.134. The highest BCUT2D eigenvalue weighted by molar-refractivity contribution is 6.00. The Morgan fingerprint density at radius 2 is 1.83 bits per heavy atom. The Hall–Kier alpha value is -3.36. The van der Waals surface area contributed by atoms with Crippen LogP contribution in [-0.2, 0) is 0 Å². The predicted molar refractivity (Wildman–Crippen MR) is 136 cm³/mol. The summed E-state index contributed by atoms with van der Waals surface area (Å²) in [5, 5.41) is 21.1. The Morgan fingerprint density at radius 3 is 2.63 bits per heavy atom. The van der Waals surface area contributed by atoms with E-state index < -0.39 is 0 Å². The summed E-state index contributed by atoms with van der Waals surface area (Å²) in [6.45, 7) is 3.84. The molecule has 8 heteroatoms. The number of aromatic hydroxyl groups is 1. The Kier molecular flexibility index (Phi) is 4.85. The lowest BCUT2D eigenvalue weighted by molar-refractivity contribution is 0.200. The van der Waals surface area contributed by atoms with Gasteiger partial charge in [-0.2, -0.15) is 14.6 Å². The van der Waals surface area contributed by atoms with Crippen molar-refractivity contribution < 1.29 is 9.84 Å². The molecule has 3 aliphatic rings. The molecule has 4 aromatic rings. The number of benzene rings is 2. The number of aromatic nitrogens is 3. The fourth-order valence-corrected chi connectivity index (χ4v) is 6.06. The Bertz CT molecular complexity index is 1410. The summed E-state index contributed by atoms with van der Waals surface area (Å²) in [7, 11) is 2.13. The number of fused-ring (bicyclic) bond motifs is 4. The van der Waals surface area contributed by atoms with E-state index in [1.165, 1.54) is 12.8 Å². The number of hydrogen-bond donors (Lipinski definition) is 2. The maximum absolute atomic E-state index is 10.5. The zero-order valence-electron chi connectivity index (χ0n) is 19.9. The SMILES string of the molecule is CN1CCC(Oc2cc(N3C[C@H]4CC[C@@H](C3)N4)n3ncc(-c4cc(O)cc5ccccc45)c3n2)C1. The molecule has 3 saturated heterocycles. The van der Waals surface area contributed by atoms with E-state index in [0.717, 1.165) is 66.0 Å². The number of nitrogens with zero attached hydrogens (tertiary/aromatic N) is 5. The molecule has 7 rings (SSSR count). The van der Waals surface area contributed by atoms with E-state index >= 15 is 0 Å². The molecular weight excluding hydrogens is 440 g/mol. The molecule has 2 aromatic heterocycles. The van der Waals surface area contributed by atoms with Crippen molar-refractivity contribution in [3.05, 3.63) is 48.7 Å². The van der Waals surface area contributed by atoms with Crippen LogP contribution in [0, 0.1) is 0 Å². The normalized spacial score (nSPS) is 24.6. The number of likely N-dealkylation sites (tertiary alicyclic amines) is 1. The number of anilines is 1. The van der Waals surface area contributed by atoms with E-state index in [1.54, 1.807) is 6.07 Å². The molecule has 2 N–H and O–H groups in total. The minimum absolute atomic E-state index is 0.134. The third-order valence-corrected chi connectivity index (χ3v) is 7.74. The molecule has 3 fully saturated rings. The molecule has 0 amide bonds. The lowest BCUT2D eigenvalue weighted by atomic mass is 9.99. The molecular formula is C27H30N6O2. The fourth-order valence-electron chi connectivity index (χ4n) is 6.06. The molecule has 35 heavy (non-hydrogen) atoms. The first-order valence-corrected chi connectivity index (χ1v) is 12.6. The van der Waals surface area contributed by atoms with Crippen molar-refractivity contribution in [2.24, 2.45) is 0 Å². The summed E-state index contributed by atoms with van der Waals surface area (Å²) in [5.41, 5.74) is 2.57. The molecule has 3 atom stereocenters. The zero-order chi connectivity index (χ0) is 23.5. The van der Waals surface area contributed by atoms with Gasteiger partial charge in [-0.15, -0.1) is 0 Å². The van der Waals surface area contributed by atoms with Gasteiger partial charge in [0.15, 0.2) is 5.65 Å². The van der Waals surface area contributed by atoms with Crippen LogP contribution in [0.4, 0.5) is 5.82 Å². The third-order valence-electron chi connectivity index (χ3n) is 7.74. The minimum Gasteiger partial charge on any atom is -0.508 e. The highest BCUT2D eigenvalue weighted by Crippen LogP contribution is 2.37. The smallest absolute Gasteiger partial charge is 0.219 e. The summed E-state index contributed by atoms with van der Waals surface area (Å²) in [4.78, 5) is 9.70. The van der Waals surface area contributed by atoms with Crippen molar-refractivity contribution in [3.63, 3.8) is 0 Å². The Labute approximate surface area is 204 Å². The highest BCUT2D eigenvalue weighted by atomic mass is 16.5. The lowest BCUT2D eigenvalue weighted by Gasteiger charge is -2.34. The predicted octanol–water partition coefficient (Wildman–Crippen LogP) is 3.28. The van der Waals surface area contributed by atoms with Crippen molar-refractivity contribution in [1.82, 2.24) is 24.8 Å². The maximum atomic E-state index is 10.5. The monoisotopic (exact) mass is 470 g/mol. The van der Waals surface area contributed by atoms with Crippen LogP contribution in [0.3, 0.4) is 0 Å². The number of phenolic OH excluding ortho intramolecular Hbond substituents is 1. The van der Waals surface area contributed by atoms with Gasteiger partial charge in [0.1, 0.15) is 17.7 Å². The van der Waals surface area contributed by atoms with E-state index in [4.69, 9.17) is 14.8 Å². The van der Waals surface area contributed by atoms with Gasteiger partial charge in [0, 0.05) is 49.9 Å². The van der Waals surface area contributed by atoms with Crippen molar-refractivity contribution >= 4 is 22.2 Å². The maximum Gasteiger partial charge on any atom is 0.219 e. The molecule has 2 bridgehead atoms. The van der Waals surface area contributed by atoms with E-state index in [2.05, 4.69) is 34.3 Å². The number of nitrogens with one attached hydrogen (secondary N) is 1. The summed E-state index contributed by atoms with van der Waals surface area (Å²) in [6, 6.07) is 14.8. The van der Waals surface area contributed by atoms with Crippen molar-refractivity contribution in [2.45, 2.75) is 37.5 Å². The molecule has 0 saturated carbocycles. The summed E-state index contributed by atoms with van der Waals surface area (Å²) in [5.74, 6) is 1.90. The van der Waals surface area contributed by atoms with Gasteiger partial charge in [0.25, 0.3) is 0 Å². The van der Waals surface area contributed by atoms with Gasteiger partial charge in [-0.05, 0) is 54.8 Å². The average molecular weight is 471 g/mol. The molecule has 5 heterocycles. The second-order valence-electron chi connectivity index (χ2n) is 10.3. The number of likely N-dealkylation sites (N-methyl/N-ethyl adjacent to an activating group) is 1. The first-order valence-electron chi connectivity index (χ1n) is 12.6. The van der Waals surface area contributed by atoms with Crippen LogP contribution in [0.1, 0.15) is 19.3 Å². The number of piperazine rings is 1. The van der Waals surface area contributed by atoms with Crippen LogP contribution in [0.15, 0.2) is 48.7 Å². The second kappa shape index (κ2) is 8.10. The highest BCUT2D eigenvalue weighted by Gasteiger charge is 2.34. The van der Waals surface area contributed by atoms with Crippen LogP contribution < -0.4 is 15.0 Å². The number of hydrogen-bond acceptors (Lipinski definition) is 7. The largest absolute Gasteiger partial charge is 0.508 e. The lowest BCUT2D eigenvalue weighted by Crippen LogP contribution is -2.51. The van der Waals surface area contributed by atoms with Gasteiger partial charge in [-0.1, -0.05) is 24.3 Å². The van der Waals surface area contributed by atoms with Crippen LogP contribution in [0.5, 0.6) is 11.6 Å².